The molecule has 0 heterocycles. The lowest BCUT2D eigenvalue weighted by atomic mass is 9.95. The molecule has 0 spiro atoms. The molecule has 5 rings (SSSR count). The van der Waals surface area contributed by atoms with Crippen LogP contribution in [0, 0.1) is 0 Å². The Hall–Kier alpha value is -3.35. The van der Waals surface area contributed by atoms with E-state index >= 15 is 0 Å². The highest BCUT2D eigenvalue weighted by molar-refractivity contribution is 5.91. The number of alkyl carbamates (subject to hydrolysis) is 1. The number of carbonyl (C=O) groups excluding carboxylic acids is 2. The second-order valence-electron chi connectivity index (χ2n) is 9.54. The van der Waals surface area contributed by atoms with Crippen molar-refractivity contribution in [3.63, 3.8) is 0 Å². The van der Waals surface area contributed by atoms with Crippen LogP contribution in [-0.4, -0.2) is 40.8 Å². The lowest BCUT2D eigenvalue weighted by Crippen LogP contribution is -2.59. The molecule has 2 aromatic carbocycles. The minimum absolute atomic E-state index is 0.0539. The normalized spacial score (nSPS) is 19.3. The lowest BCUT2D eigenvalue weighted by Gasteiger charge is -2.31. The van der Waals surface area contributed by atoms with Crippen molar-refractivity contribution in [1.82, 2.24) is 10.6 Å². The predicted octanol–water partition coefficient (Wildman–Crippen LogP) is 3.96. The highest BCUT2D eigenvalue weighted by atomic mass is 16.5. The Morgan fingerprint density at radius 1 is 0.879 bits per heavy atom. The first-order chi connectivity index (χ1) is 15.9. The lowest BCUT2D eigenvalue weighted by molar-refractivity contribution is -0.138. The van der Waals surface area contributed by atoms with Crippen LogP contribution < -0.4 is 10.6 Å². The van der Waals surface area contributed by atoms with Gasteiger partial charge in [0.2, 0.25) is 5.91 Å². The van der Waals surface area contributed by atoms with Crippen molar-refractivity contribution in [2.45, 2.75) is 61.9 Å². The Bertz CT molecular complexity index is 1060. The fourth-order valence-electron chi connectivity index (χ4n) is 5.36. The summed E-state index contributed by atoms with van der Waals surface area (Å²) >= 11 is 0. The van der Waals surface area contributed by atoms with Gasteiger partial charge in [0.1, 0.15) is 12.1 Å². The third kappa shape index (κ3) is 4.08. The van der Waals surface area contributed by atoms with Crippen LogP contribution in [0.1, 0.15) is 62.0 Å². The smallest absolute Gasteiger partial charge is 0.408 e. The minimum atomic E-state index is -1.04. The molecular formula is C26H28N2O5. The maximum Gasteiger partial charge on any atom is 0.408 e. The SMILES string of the molecule is O=C(O)CC1(NC(=O)C2(NC(=O)OCC3c4ccccc4-c4ccccc43)CCCC2)CC1. The molecule has 2 fully saturated rings. The molecule has 0 radical (unpaired) electrons. The average molecular weight is 449 g/mol. The molecule has 0 saturated heterocycles. The topological polar surface area (TPSA) is 105 Å². The summed E-state index contributed by atoms with van der Waals surface area (Å²) in [4.78, 5) is 37.2. The number of hydrogen-bond acceptors (Lipinski definition) is 4. The molecule has 2 saturated carbocycles. The van der Waals surface area contributed by atoms with Crippen molar-refractivity contribution < 1.29 is 24.2 Å². The van der Waals surface area contributed by atoms with Gasteiger partial charge in [0.05, 0.1) is 12.0 Å². The van der Waals surface area contributed by atoms with Gasteiger partial charge < -0.3 is 20.5 Å². The van der Waals surface area contributed by atoms with Gasteiger partial charge in [0.15, 0.2) is 0 Å². The van der Waals surface area contributed by atoms with Crippen LogP contribution in [0.2, 0.25) is 0 Å². The number of rotatable bonds is 7. The molecule has 172 valence electrons. The number of aliphatic carboxylic acids is 1. The summed E-state index contributed by atoms with van der Waals surface area (Å²) in [6.45, 7) is 0.181. The van der Waals surface area contributed by atoms with Crippen LogP contribution in [0.4, 0.5) is 4.79 Å². The van der Waals surface area contributed by atoms with E-state index in [4.69, 9.17) is 9.84 Å². The van der Waals surface area contributed by atoms with Crippen LogP contribution in [0.15, 0.2) is 48.5 Å². The summed E-state index contributed by atoms with van der Waals surface area (Å²) in [7, 11) is 0. The van der Waals surface area contributed by atoms with E-state index in [2.05, 4.69) is 34.9 Å². The number of ether oxygens (including phenoxy) is 1. The molecule has 3 aliphatic carbocycles. The van der Waals surface area contributed by atoms with Crippen molar-refractivity contribution in [3.8, 4) is 11.1 Å². The minimum Gasteiger partial charge on any atom is -0.481 e. The third-order valence-corrected chi connectivity index (χ3v) is 7.30. The molecule has 3 N–H and O–H groups in total. The van der Waals surface area contributed by atoms with Gasteiger partial charge in [-0.15, -0.1) is 0 Å². The Morgan fingerprint density at radius 3 is 2.00 bits per heavy atom. The number of carboxylic acid groups (broad SMARTS) is 1. The molecule has 0 aromatic heterocycles. The fraction of sp³-hybridized carbons (Fsp3) is 0.423. The zero-order valence-electron chi connectivity index (χ0n) is 18.4. The van der Waals surface area contributed by atoms with Gasteiger partial charge in [-0.3, -0.25) is 9.59 Å². The van der Waals surface area contributed by atoms with Gasteiger partial charge in [-0.1, -0.05) is 61.4 Å². The number of carbonyl (C=O) groups is 3. The average Bonchev–Trinajstić information content (AvgIpc) is 3.24. The van der Waals surface area contributed by atoms with Gasteiger partial charge >= 0.3 is 12.1 Å². The number of carboxylic acids is 1. The second-order valence-corrected chi connectivity index (χ2v) is 9.54. The number of fused-ring (bicyclic) bond motifs is 3. The van der Waals surface area contributed by atoms with Crippen molar-refractivity contribution >= 4 is 18.0 Å². The second kappa shape index (κ2) is 8.21. The molecule has 0 bridgehead atoms. The summed E-state index contributed by atoms with van der Waals surface area (Å²) < 4.78 is 5.66. The largest absolute Gasteiger partial charge is 0.481 e. The highest BCUT2D eigenvalue weighted by Gasteiger charge is 2.51. The zero-order chi connectivity index (χ0) is 23.1. The Balaban J connectivity index is 1.26. The molecular weight excluding hydrogens is 420 g/mol. The molecule has 0 unspecified atom stereocenters. The van der Waals surface area contributed by atoms with Crippen molar-refractivity contribution in [1.29, 1.82) is 0 Å². The number of amides is 2. The molecule has 2 amide bonds. The van der Waals surface area contributed by atoms with E-state index in [1.54, 1.807) is 0 Å². The van der Waals surface area contributed by atoms with Crippen molar-refractivity contribution in [2.75, 3.05) is 6.61 Å². The van der Waals surface area contributed by atoms with E-state index in [0.29, 0.717) is 25.7 Å². The van der Waals surface area contributed by atoms with Crippen LogP contribution >= 0.6 is 0 Å². The van der Waals surface area contributed by atoms with Gasteiger partial charge in [0, 0.05) is 5.92 Å². The Kier molecular flexibility index (Phi) is 5.35. The molecule has 0 aliphatic heterocycles. The molecule has 33 heavy (non-hydrogen) atoms. The molecule has 3 aliphatic rings. The predicted molar refractivity (Wildman–Crippen MR) is 122 cm³/mol. The Labute approximate surface area is 192 Å². The third-order valence-electron chi connectivity index (χ3n) is 7.30. The highest BCUT2D eigenvalue weighted by Crippen LogP contribution is 2.44. The number of hydrogen-bond donors (Lipinski definition) is 3. The van der Waals surface area contributed by atoms with Crippen LogP contribution in [0.3, 0.4) is 0 Å². The van der Waals surface area contributed by atoms with Crippen molar-refractivity contribution in [3.05, 3.63) is 59.7 Å². The molecule has 7 nitrogen and oxygen atoms in total. The maximum absolute atomic E-state index is 13.2. The van der Waals surface area contributed by atoms with Gasteiger partial charge in [-0.05, 0) is 47.9 Å². The maximum atomic E-state index is 13.2. The molecule has 2 aromatic rings. The van der Waals surface area contributed by atoms with Crippen molar-refractivity contribution in [2.24, 2.45) is 0 Å². The molecule has 7 heteroatoms. The summed E-state index contributed by atoms with van der Waals surface area (Å²) in [5, 5.41) is 14.9. The first-order valence-electron chi connectivity index (χ1n) is 11.6. The van der Waals surface area contributed by atoms with Gasteiger partial charge in [0.25, 0.3) is 0 Å². The van der Waals surface area contributed by atoms with Crippen LogP contribution in [0.5, 0.6) is 0 Å². The first kappa shape index (κ1) is 21.5. The first-order valence-corrected chi connectivity index (χ1v) is 11.6. The summed E-state index contributed by atoms with van der Waals surface area (Å²) in [5.41, 5.74) is 2.84. The van der Waals surface area contributed by atoms with Gasteiger partial charge in [-0.25, -0.2) is 4.79 Å². The van der Waals surface area contributed by atoms with Crippen LogP contribution in [0.25, 0.3) is 11.1 Å². The summed E-state index contributed by atoms with van der Waals surface area (Å²) in [6, 6.07) is 16.3. The summed E-state index contributed by atoms with van der Waals surface area (Å²) in [5.74, 6) is -1.29. The van der Waals surface area contributed by atoms with E-state index in [9.17, 15) is 14.4 Å². The van der Waals surface area contributed by atoms with E-state index < -0.39 is 23.1 Å². The van der Waals surface area contributed by atoms with E-state index in [1.165, 1.54) is 0 Å². The number of nitrogens with one attached hydrogen (secondary N) is 2. The zero-order valence-corrected chi connectivity index (χ0v) is 18.4. The standard InChI is InChI=1S/C26H28N2O5/c29-22(30)15-25(13-14-25)27-23(31)26(11-5-6-12-26)28-24(32)33-16-21-19-9-3-1-7-17(19)18-8-2-4-10-20(18)21/h1-4,7-10,21H,5-6,11-16H2,(H,27,31)(H,28,32)(H,29,30). The monoisotopic (exact) mass is 448 g/mol. The van der Waals surface area contributed by atoms with E-state index in [-0.39, 0.29) is 24.9 Å². The van der Waals surface area contributed by atoms with E-state index in [0.717, 1.165) is 35.1 Å². The summed E-state index contributed by atoms with van der Waals surface area (Å²) in [6.07, 6.45) is 3.26. The van der Waals surface area contributed by atoms with Crippen LogP contribution in [-0.2, 0) is 14.3 Å². The Morgan fingerprint density at radius 2 is 1.45 bits per heavy atom. The quantitative estimate of drug-likeness (QED) is 0.595. The van der Waals surface area contributed by atoms with E-state index in [1.807, 2.05) is 24.3 Å². The van der Waals surface area contributed by atoms with Gasteiger partial charge in [-0.2, -0.15) is 0 Å². The molecule has 0 atom stereocenters. The number of benzene rings is 2. The fourth-order valence-corrected chi connectivity index (χ4v) is 5.36.